The van der Waals surface area contributed by atoms with Crippen LogP contribution in [0.2, 0.25) is 0 Å². The Morgan fingerprint density at radius 2 is 1.97 bits per heavy atom. The number of hydrogen-bond acceptors (Lipinski definition) is 9. The number of fused-ring (bicyclic) bond motifs is 1. The van der Waals surface area contributed by atoms with E-state index in [0.29, 0.717) is 54.5 Å². The van der Waals surface area contributed by atoms with Gasteiger partial charge < -0.3 is 20.2 Å². The van der Waals surface area contributed by atoms with Gasteiger partial charge in [-0.05, 0) is 54.5 Å². The van der Waals surface area contributed by atoms with Gasteiger partial charge in [-0.1, -0.05) is 30.3 Å². The number of Topliss-reactive ketones (excluding diaryl/α,β-unsaturated/α-hetero) is 1. The average Bonchev–Trinajstić information content (AvgIpc) is 3.49. The topological polar surface area (TPSA) is 151 Å². The Labute approximate surface area is 220 Å². The maximum absolute atomic E-state index is 12.8. The normalized spacial score (nSPS) is 12.5. The number of nitrogens with two attached hydrogens (primary N) is 1. The van der Waals surface area contributed by atoms with Crippen LogP contribution < -0.4 is 11.1 Å². The third kappa shape index (κ3) is 7.30. The number of carbonyl (C=O) groups excluding carboxylic acids is 2. The fourth-order valence-corrected chi connectivity index (χ4v) is 4.01. The Balaban J connectivity index is 1.41. The van der Waals surface area contributed by atoms with Crippen LogP contribution in [0.4, 0.5) is 5.69 Å². The van der Waals surface area contributed by atoms with E-state index >= 15 is 0 Å². The van der Waals surface area contributed by atoms with Crippen molar-refractivity contribution in [3.8, 4) is 0 Å². The zero-order valence-electron chi connectivity index (χ0n) is 21.9. The molecule has 1 amide bonds. The zero-order valence-corrected chi connectivity index (χ0v) is 21.9. The van der Waals surface area contributed by atoms with Gasteiger partial charge in [0.05, 0.1) is 24.7 Å². The van der Waals surface area contributed by atoms with E-state index < -0.39 is 5.54 Å². The molecule has 11 heteroatoms. The van der Waals surface area contributed by atoms with Crippen molar-refractivity contribution in [1.82, 2.24) is 25.2 Å². The number of nitrogens with one attached hydrogen (secondary N) is 1. The number of hydrogen-bond donors (Lipinski definition) is 2. The second kappa shape index (κ2) is 12.1. The molecule has 0 saturated heterocycles. The second-order valence-electron chi connectivity index (χ2n) is 9.88. The van der Waals surface area contributed by atoms with Gasteiger partial charge >= 0.3 is 0 Å². The SMILES string of the molecule is CC(=O)Nc1ccc2oc(CCCn3nnnc3[C@@H](COCc3ccccc3)CC(=O)C(C)(C)N)nc2c1. The standard InChI is InChI=1S/C27H33N7O4/c1-18(35)29-21-11-12-23-22(15-21)30-25(38-23)10-7-13-34-26(31-32-33-34)20(14-24(36)27(2,3)28)17-37-16-19-8-5-4-6-9-19/h4-6,8-9,11-12,15,20H,7,10,13-14,16-17,28H2,1-3H3,(H,29,35)/t20-/m1/s1. The molecule has 0 bridgehead atoms. The molecule has 0 spiro atoms. The van der Waals surface area contributed by atoms with Crippen LogP contribution in [0.1, 0.15) is 56.8 Å². The van der Waals surface area contributed by atoms with Crippen molar-refractivity contribution >= 4 is 28.5 Å². The Morgan fingerprint density at radius 1 is 1.18 bits per heavy atom. The van der Waals surface area contributed by atoms with Crippen molar-refractivity contribution in [3.05, 3.63) is 65.8 Å². The number of benzene rings is 2. The summed E-state index contributed by atoms with van der Waals surface area (Å²) in [5, 5.41) is 15.0. The summed E-state index contributed by atoms with van der Waals surface area (Å²) >= 11 is 0. The summed E-state index contributed by atoms with van der Waals surface area (Å²) in [6.07, 6.45) is 1.39. The molecule has 0 saturated carbocycles. The first-order chi connectivity index (χ1) is 18.2. The molecule has 38 heavy (non-hydrogen) atoms. The van der Waals surface area contributed by atoms with E-state index in [1.54, 1.807) is 36.7 Å². The van der Waals surface area contributed by atoms with Crippen molar-refractivity contribution in [2.24, 2.45) is 5.73 Å². The summed E-state index contributed by atoms with van der Waals surface area (Å²) in [4.78, 5) is 28.6. The molecule has 0 radical (unpaired) electrons. The van der Waals surface area contributed by atoms with Gasteiger partial charge in [0.1, 0.15) is 5.52 Å². The Kier molecular flexibility index (Phi) is 8.59. The molecule has 0 aliphatic carbocycles. The van der Waals surface area contributed by atoms with E-state index in [-0.39, 0.29) is 30.6 Å². The summed E-state index contributed by atoms with van der Waals surface area (Å²) in [6, 6.07) is 15.2. The molecule has 4 rings (SSSR count). The lowest BCUT2D eigenvalue weighted by atomic mass is 9.91. The summed E-state index contributed by atoms with van der Waals surface area (Å²) in [5.41, 5.74) is 8.12. The number of aromatic nitrogens is 5. The Morgan fingerprint density at radius 3 is 2.71 bits per heavy atom. The average molecular weight is 520 g/mol. The first-order valence-electron chi connectivity index (χ1n) is 12.6. The first-order valence-corrected chi connectivity index (χ1v) is 12.6. The van der Waals surface area contributed by atoms with Gasteiger partial charge in [0, 0.05) is 32.0 Å². The van der Waals surface area contributed by atoms with Crippen LogP contribution in [-0.4, -0.2) is 49.0 Å². The Hall–Kier alpha value is -3.96. The van der Waals surface area contributed by atoms with E-state index in [1.807, 2.05) is 30.3 Å². The molecule has 0 fully saturated rings. The smallest absolute Gasteiger partial charge is 0.221 e. The van der Waals surface area contributed by atoms with Crippen LogP contribution in [0, 0.1) is 0 Å². The summed E-state index contributed by atoms with van der Waals surface area (Å²) in [5.74, 6) is 0.572. The molecule has 11 nitrogen and oxygen atoms in total. The van der Waals surface area contributed by atoms with Crippen LogP contribution in [0.3, 0.4) is 0 Å². The number of anilines is 1. The number of carbonyl (C=O) groups is 2. The molecule has 2 aromatic heterocycles. The third-order valence-corrected chi connectivity index (χ3v) is 6.02. The highest BCUT2D eigenvalue weighted by Crippen LogP contribution is 2.23. The molecule has 2 heterocycles. The molecule has 3 N–H and O–H groups in total. The molecule has 0 aliphatic heterocycles. The summed E-state index contributed by atoms with van der Waals surface area (Å²) < 4.78 is 13.5. The lowest BCUT2D eigenvalue weighted by Gasteiger charge is -2.21. The number of amides is 1. The highest BCUT2D eigenvalue weighted by atomic mass is 16.5. The summed E-state index contributed by atoms with van der Waals surface area (Å²) in [7, 11) is 0. The van der Waals surface area contributed by atoms with E-state index in [4.69, 9.17) is 14.9 Å². The van der Waals surface area contributed by atoms with Gasteiger partial charge in [-0.15, -0.1) is 5.10 Å². The van der Waals surface area contributed by atoms with Gasteiger partial charge in [-0.2, -0.15) is 0 Å². The zero-order chi connectivity index (χ0) is 27.1. The van der Waals surface area contributed by atoms with E-state index in [0.717, 1.165) is 5.56 Å². The first kappa shape index (κ1) is 27.1. The number of ketones is 1. The quantitative estimate of drug-likeness (QED) is 0.271. The predicted molar refractivity (Wildman–Crippen MR) is 141 cm³/mol. The van der Waals surface area contributed by atoms with Gasteiger partial charge in [0.2, 0.25) is 5.91 Å². The van der Waals surface area contributed by atoms with E-state index in [9.17, 15) is 9.59 Å². The van der Waals surface area contributed by atoms with Crippen molar-refractivity contribution < 1.29 is 18.7 Å². The second-order valence-corrected chi connectivity index (χ2v) is 9.88. The number of rotatable bonds is 13. The molecule has 4 aromatic rings. The minimum atomic E-state index is -0.970. The lowest BCUT2D eigenvalue weighted by molar-refractivity contribution is -0.124. The van der Waals surface area contributed by atoms with Gasteiger partial charge in [0.25, 0.3) is 0 Å². The van der Waals surface area contributed by atoms with Crippen molar-refractivity contribution in [2.45, 2.75) is 64.6 Å². The van der Waals surface area contributed by atoms with Crippen LogP contribution in [-0.2, 0) is 33.9 Å². The summed E-state index contributed by atoms with van der Waals surface area (Å²) in [6.45, 7) is 6.05. The molecular formula is C27H33N7O4. The molecular weight excluding hydrogens is 486 g/mol. The highest BCUT2D eigenvalue weighted by molar-refractivity contribution is 5.91. The Bertz CT molecular complexity index is 1380. The van der Waals surface area contributed by atoms with Gasteiger partial charge in [-0.25, -0.2) is 9.67 Å². The van der Waals surface area contributed by atoms with Crippen LogP contribution in [0.5, 0.6) is 0 Å². The van der Waals surface area contributed by atoms with Gasteiger partial charge in [0.15, 0.2) is 23.1 Å². The molecule has 1 atom stereocenters. The third-order valence-electron chi connectivity index (χ3n) is 6.02. The number of tetrazole rings is 1. The van der Waals surface area contributed by atoms with Gasteiger partial charge in [-0.3, -0.25) is 9.59 Å². The number of aryl methyl sites for hydroxylation is 2. The van der Waals surface area contributed by atoms with Crippen molar-refractivity contribution in [3.63, 3.8) is 0 Å². The van der Waals surface area contributed by atoms with Crippen molar-refractivity contribution in [2.75, 3.05) is 11.9 Å². The maximum atomic E-state index is 12.8. The fraction of sp³-hybridized carbons (Fsp3) is 0.407. The van der Waals surface area contributed by atoms with Crippen molar-refractivity contribution in [1.29, 1.82) is 0 Å². The highest BCUT2D eigenvalue weighted by Gasteiger charge is 2.29. The molecule has 0 unspecified atom stereocenters. The fourth-order valence-electron chi connectivity index (χ4n) is 4.01. The van der Waals surface area contributed by atoms with Crippen LogP contribution in [0.15, 0.2) is 52.9 Å². The monoisotopic (exact) mass is 519 g/mol. The molecule has 0 aliphatic rings. The minimum Gasteiger partial charge on any atom is -0.441 e. The predicted octanol–water partition coefficient (Wildman–Crippen LogP) is 3.40. The minimum absolute atomic E-state index is 0.0922. The molecule has 2 aromatic carbocycles. The number of nitrogens with zero attached hydrogens (tertiary/aromatic N) is 5. The lowest BCUT2D eigenvalue weighted by Crippen LogP contribution is -2.42. The van der Waals surface area contributed by atoms with Crippen LogP contribution >= 0.6 is 0 Å². The maximum Gasteiger partial charge on any atom is 0.221 e. The number of ether oxygens (including phenoxy) is 1. The van der Waals surface area contributed by atoms with E-state index in [1.165, 1.54) is 6.92 Å². The number of oxazole rings is 1. The molecule has 200 valence electrons. The largest absolute Gasteiger partial charge is 0.441 e. The van der Waals surface area contributed by atoms with Crippen LogP contribution in [0.25, 0.3) is 11.1 Å². The van der Waals surface area contributed by atoms with E-state index in [2.05, 4.69) is 25.8 Å².